The van der Waals surface area contributed by atoms with Crippen LogP contribution < -0.4 is 5.32 Å². The van der Waals surface area contributed by atoms with Gasteiger partial charge in [-0.1, -0.05) is 19.3 Å². The maximum absolute atomic E-state index is 12.8. The van der Waals surface area contributed by atoms with E-state index in [0.717, 1.165) is 18.5 Å². The Morgan fingerprint density at radius 3 is 2.82 bits per heavy atom. The average molecular weight is 302 g/mol. The third-order valence-corrected chi connectivity index (χ3v) is 5.52. The van der Waals surface area contributed by atoms with E-state index in [1.807, 2.05) is 4.90 Å². The number of hydrogen-bond acceptors (Lipinski definition) is 3. The summed E-state index contributed by atoms with van der Waals surface area (Å²) in [5, 5.41) is 10.1. The lowest BCUT2D eigenvalue weighted by molar-refractivity contribution is -0.122. The Hall–Kier alpha value is -1.85. The number of amides is 2. The summed E-state index contributed by atoms with van der Waals surface area (Å²) >= 11 is 0. The van der Waals surface area contributed by atoms with Crippen molar-refractivity contribution >= 4 is 11.8 Å². The number of likely N-dealkylation sites (tertiary alicyclic amines) is 1. The van der Waals surface area contributed by atoms with Crippen LogP contribution in [-0.4, -0.2) is 46.5 Å². The molecule has 22 heavy (non-hydrogen) atoms. The summed E-state index contributed by atoms with van der Waals surface area (Å²) in [6.07, 6.45) is 7.68. The van der Waals surface area contributed by atoms with Crippen LogP contribution in [0.25, 0.3) is 0 Å². The van der Waals surface area contributed by atoms with Crippen molar-refractivity contribution in [2.45, 2.75) is 38.0 Å². The third-order valence-electron chi connectivity index (χ3n) is 5.52. The standard InChI is InChI=1S/C16H22N4O2/c21-15-13-9-20(8-11(13)6-17-15)16(22)12-7-18-19-14(12)10-4-2-1-3-5-10/h7,10-11,13H,1-6,8-9H2,(H,17,21)(H,18,19)/t11-,13+/m0/s1. The zero-order valence-electron chi connectivity index (χ0n) is 12.7. The number of hydrogen-bond donors (Lipinski definition) is 2. The molecule has 118 valence electrons. The Bertz CT molecular complexity index is 591. The number of rotatable bonds is 2. The Balaban J connectivity index is 1.52. The van der Waals surface area contributed by atoms with E-state index in [0.29, 0.717) is 31.1 Å². The van der Waals surface area contributed by atoms with E-state index in [-0.39, 0.29) is 23.7 Å². The van der Waals surface area contributed by atoms with Gasteiger partial charge in [-0.05, 0) is 12.8 Å². The summed E-state index contributed by atoms with van der Waals surface area (Å²) in [6, 6.07) is 0. The molecule has 1 saturated carbocycles. The minimum Gasteiger partial charge on any atom is -0.355 e. The molecule has 0 aromatic carbocycles. The lowest BCUT2D eigenvalue weighted by atomic mass is 9.85. The molecular weight excluding hydrogens is 280 g/mol. The number of fused-ring (bicyclic) bond motifs is 1. The summed E-state index contributed by atoms with van der Waals surface area (Å²) in [4.78, 5) is 26.4. The molecule has 2 atom stereocenters. The molecule has 6 nitrogen and oxygen atoms in total. The summed E-state index contributed by atoms with van der Waals surface area (Å²) < 4.78 is 0. The third kappa shape index (κ3) is 2.21. The number of aromatic nitrogens is 2. The highest BCUT2D eigenvalue weighted by Gasteiger charge is 2.44. The quantitative estimate of drug-likeness (QED) is 0.863. The molecule has 2 saturated heterocycles. The van der Waals surface area contributed by atoms with Crippen molar-refractivity contribution in [1.82, 2.24) is 20.4 Å². The Kier molecular flexibility index (Phi) is 3.39. The second-order valence-electron chi connectivity index (χ2n) is 6.85. The van der Waals surface area contributed by atoms with Crippen LogP contribution in [0.4, 0.5) is 0 Å². The van der Waals surface area contributed by atoms with Gasteiger partial charge < -0.3 is 10.2 Å². The molecule has 6 heteroatoms. The van der Waals surface area contributed by atoms with Crippen LogP contribution in [0.5, 0.6) is 0 Å². The molecule has 2 N–H and O–H groups in total. The first-order chi connectivity index (χ1) is 10.7. The fourth-order valence-corrected chi connectivity index (χ4v) is 4.24. The van der Waals surface area contributed by atoms with Gasteiger partial charge in [-0.3, -0.25) is 14.7 Å². The highest BCUT2D eigenvalue weighted by molar-refractivity contribution is 5.96. The number of nitrogens with zero attached hydrogens (tertiary/aromatic N) is 2. The zero-order valence-corrected chi connectivity index (χ0v) is 12.7. The summed E-state index contributed by atoms with van der Waals surface area (Å²) in [6.45, 7) is 1.93. The second kappa shape index (κ2) is 5.41. The molecule has 0 spiro atoms. The fraction of sp³-hybridized carbons (Fsp3) is 0.688. The second-order valence-corrected chi connectivity index (χ2v) is 6.85. The van der Waals surface area contributed by atoms with Crippen molar-refractivity contribution in [1.29, 1.82) is 0 Å². The highest BCUT2D eigenvalue weighted by atomic mass is 16.2. The predicted octanol–water partition coefficient (Wildman–Crippen LogP) is 1.28. The average Bonchev–Trinajstić information content (AvgIpc) is 3.25. The van der Waals surface area contributed by atoms with Gasteiger partial charge in [0, 0.05) is 31.5 Å². The largest absolute Gasteiger partial charge is 0.355 e. The van der Waals surface area contributed by atoms with Gasteiger partial charge >= 0.3 is 0 Å². The predicted molar refractivity (Wildman–Crippen MR) is 80.3 cm³/mol. The van der Waals surface area contributed by atoms with E-state index in [1.54, 1.807) is 6.20 Å². The van der Waals surface area contributed by atoms with Crippen molar-refractivity contribution < 1.29 is 9.59 Å². The fourth-order valence-electron chi connectivity index (χ4n) is 4.24. The molecule has 1 aromatic heterocycles. The summed E-state index contributed by atoms with van der Waals surface area (Å²) in [5.41, 5.74) is 1.72. The maximum atomic E-state index is 12.8. The molecular formula is C16H22N4O2. The van der Waals surface area contributed by atoms with Crippen LogP contribution in [-0.2, 0) is 4.79 Å². The van der Waals surface area contributed by atoms with Gasteiger partial charge in [-0.2, -0.15) is 5.10 Å². The van der Waals surface area contributed by atoms with Gasteiger partial charge in [-0.15, -0.1) is 0 Å². The number of carbonyl (C=O) groups is 2. The minimum absolute atomic E-state index is 0.0195. The summed E-state index contributed by atoms with van der Waals surface area (Å²) in [5.74, 6) is 0.826. The molecule has 3 aliphatic rings. The lowest BCUT2D eigenvalue weighted by Crippen LogP contribution is -2.34. The van der Waals surface area contributed by atoms with Gasteiger partial charge in [0.15, 0.2) is 0 Å². The van der Waals surface area contributed by atoms with Gasteiger partial charge in [0.2, 0.25) is 5.91 Å². The van der Waals surface area contributed by atoms with Crippen LogP contribution in [0, 0.1) is 11.8 Å². The first-order valence-corrected chi connectivity index (χ1v) is 8.34. The van der Waals surface area contributed by atoms with Crippen molar-refractivity contribution in [2.24, 2.45) is 11.8 Å². The molecule has 2 aliphatic heterocycles. The van der Waals surface area contributed by atoms with Crippen LogP contribution in [0.2, 0.25) is 0 Å². The molecule has 2 amide bonds. The number of nitrogens with one attached hydrogen (secondary N) is 2. The number of carbonyl (C=O) groups excluding carboxylic acids is 2. The highest BCUT2D eigenvalue weighted by Crippen LogP contribution is 2.34. The SMILES string of the molecule is O=C1NC[C@H]2CN(C(=O)c3cn[nH]c3C3CCCCC3)C[C@@H]12. The molecule has 1 aromatic rings. The Morgan fingerprint density at radius 1 is 1.23 bits per heavy atom. The van der Waals surface area contributed by atoms with Crippen LogP contribution in [0.3, 0.4) is 0 Å². The van der Waals surface area contributed by atoms with E-state index < -0.39 is 0 Å². The van der Waals surface area contributed by atoms with Crippen LogP contribution in [0.15, 0.2) is 6.20 Å². The van der Waals surface area contributed by atoms with Crippen LogP contribution in [0.1, 0.15) is 54.1 Å². The molecule has 4 rings (SSSR count). The van der Waals surface area contributed by atoms with Crippen LogP contribution >= 0.6 is 0 Å². The van der Waals surface area contributed by atoms with Gasteiger partial charge in [-0.25, -0.2) is 0 Å². The van der Waals surface area contributed by atoms with E-state index >= 15 is 0 Å². The Morgan fingerprint density at radius 2 is 2.05 bits per heavy atom. The normalized spacial score (nSPS) is 28.7. The topological polar surface area (TPSA) is 78.1 Å². The first kappa shape index (κ1) is 13.8. The molecule has 0 unspecified atom stereocenters. The number of H-pyrrole nitrogens is 1. The number of aromatic amines is 1. The smallest absolute Gasteiger partial charge is 0.257 e. The maximum Gasteiger partial charge on any atom is 0.257 e. The van der Waals surface area contributed by atoms with Crippen molar-refractivity contribution in [3.8, 4) is 0 Å². The first-order valence-electron chi connectivity index (χ1n) is 8.34. The molecule has 1 aliphatic carbocycles. The van der Waals surface area contributed by atoms with Crippen molar-refractivity contribution in [3.05, 3.63) is 17.5 Å². The van der Waals surface area contributed by atoms with Gasteiger partial charge in [0.05, 0.1) is 23.4 Å². The molecule has 0 bridgehead atoms. The molecule has 0 radical (unpaired) electrons. The monoisotopic (exact) mass is 302 g/mol. The molecule has 3 fully saturated rings. The van der Waals surface area contributed by atoms with Gasteiger partial charge in [0.1, 0.15) is 0 Å². The van der Waals surface area contributed by atoms with E-state index in [2.05, 4.69) is 15.5 Å². The van der Waals surface area contributed by atoms with Gasteiger partial charge in [0.25, 0.3) is 5.91 Å². The summed E-state index contributed by atoms with van der Waals surface area (Å²) in [7, 11) is 0. The minimum atomic E-state index is -0.0195. The van der Waals surface area contributed by atoms with Crippen molar-refractivity contribution in [2.75, 3.05) is 19.6 Å². The van der Waals surface area contributed by atoms with Crippen molar-refractivity contribution in [3.63, 3.8) is 0 Å². The molecule has 3 heterocycles. The zero-order chi connectivity index (χ0) is 15.1. The van der Waals surface area contributed by atoms with E-state index in [4.69, 9.17) is 0 Å². The Labute approximate surface area is 129 Å². The van der Waals surface area contributed by atoms with E-state index in [1.165, 1.54) is 19.3 Å². The van der Waals surface area contributed by atoms with E-state index in [9.17, 15) is 9.59 Å². The lowest BCUT2D eigenvalue weighted by Gasteiger charge is -2.23.